The molecule has 0 amide bonds. The quantitative estimate of drug-likeness (QED) is 0.865. The predicted octanol–water partition coefficient (Wildman–Crippen LogP) is 3.08. The zero-order valence-electron chi connectivity index (χ0n) is 10.9. The Kier molecular flexibility index (Phi) is 2.47. The summed E-state index contributed by atoms with van der Waals surface area (Å²) >= 11 is 0. The molecule has 5 unspecified atom stereocenters. The molecule has 0 saturated heterocycles. The van der Waals surface area contributed by atoms with E-state index in [1.165, 1.54) is 43.4 Å². The van der Waals surface area contributed by atoms with Crippen LogP contribution in [0.2, 0.25) is 0 Å². The third-order valence-corrected chi connectivity index (χ3v) is 5.93. The highest BCUT2D eigenvalue weighted by Gasteiger charge is 2.54. The van der Waals surface area contributed by atoms with Gasteiger partial charge in [0.1, 0.15) is 0 Å². The zero-order valence-corrected chi connectivity index (χ0v) is 10.9. The van der Waals surface area contributed by atoms with Crippen molar-refractivity contribution in [2.75, 3.05) is 0 Å². The van der Waals surface area contributed by atoms with Gasteiger partial charge in [-0.1, -0.05) is 12.5 Å². The lowest BCUT2D eigenvalue weighted by molar-refractivity contribution is 0.229. The van der Waals surface area contributed by atoms with Gasteiger partial charge in [-0.05, 0) is 61.0 Å². The molecular weight excluding hydrogens is 220 g/mol. The number of nitrogens with two attached hydrogens (primary N) is 1. The Bertz CT molecular complexity index is 456. The van der Waals surface area contributed by atoms with Gasteiger partial charge < -0.3 is 5.73 Å². The molecule has 1 aromatic rings. The molecule has 0 aromatic carbocycles. The van der Waals surface area contributed by atoms with E-state index in [1.807, 2.05) is 12.3 Å². The van der Waals surface area contributed by atoms with Gasteiger partial charge in [-0.25, -0.2) is 0 Å². The maximum atomic E-state index is 5.88. The third kappa shape index (κ3) is 1.41. The lowest BCUT2D eigenvalue weighted by Gasteiger charge is -2.32. The molecule has 1 aromatic heterocycles. The van der Waals surface area contributed by atoms with Crippen molar-refractivity contribution in [1.82, 2.24) is 4.98 Å². The minimum Gasteiger partial charge on any atom is -0.326 e. The molecule has 2 bridgehead atoms. The van der Waals surface area contributed by atoms with Crippen LogP contribution in [-0.4, -0.2) is 4.98 Å². The minimum absolute atomic E-state index is 0.644. The Labute approximate surface area is 109 Å². The second-order valence-corrected chi connectivity index (χ2v) is 6.51. The van der Waals surface area contributed by atoms with E-state index < -0.39 is 0 Å². The first-order valence-corrected chi connectivity index (χ1v) is 7.52. The number of rotatable bonds is 2. The molecule has 3 aliphatic carbocycles. The number of nitrogens with zero attached hydrogens (tertiary/aromatic N) is 1. The summed E-state index contributed by atoms with van der Waals surface area (Å²) in [5.41, 5.74) is 8.50. The largest absolute Gasteiger partial charge is 0.326 e. The van der Waals surface area contributed by atoms with Crippen molar-refractivity contribution >= 4 is 0 Å². The molecule has 96 valence electrons. The lowest BCUT2D eigenvalue weighted by atomic mass is 9.74. The number of pyridine rings is 1. The summed E-state index contributed by atoms with van der Waals surface area (Å²) < 4.78 is 0. The topological polar surface area (TPSA) is 38.9 Å². The van der Waals surface area contributed by atoms with Crippen LogP contribution in [0, 0.1) is 23.7 Å². The number of hydrogen-bond donors (Lipinski definition) is 1. The van der Waals surface area contributed by atoms with E-state index in [1.54, 1.807) is 0 Å². The van der Waals surface area contributed by atoms with Crippen molar-refractivity contribution in [2.45, 2.75) is 44.6 Å². The van der Waals surface area contributed by atoms with Crippen molar-refractivity contribution < 1.29 is 0 Å². The second-order valence-electron chi connectivity index (χ2n) is 6.51. The van der Waals surface area contributed by atoms with Gasteiger partial charge in [0, 0.05) is 24.4 Å². The van der Waals surface area contributed by atoms with Crippen LogP contribution in [0.3, 0.4) is 0 Å². The van der Waals surface area contributed by atoms with Crippen molar-refractivity contribution in [3.05, 3.63) is 29.6 Å². The average molecular weight is 242 g/mol. The van der Waals surface area contributed by atoms with E-state index in [2.05, 4.69) is 11.1 Å². The fraction of sp³-hybridized carbons (Fsp3) is 0.688. The normalized spacial score (nSPS) is 41.3. The average Bonchev–Trinajstić information content (AvgIpc) is 3.10. The monoisotopic (exact) mass is 242 g/mol. The van der Waals surface area contributed by atoms with Crippen LogP contribution in [0.5, 0.6) is 0 Å². The molecular formula is C16H22N2. The van der Waals surface area contributed by atoms with Gasteiger partial charge in [0.15, 0.2) is 0 Å². The molecule has 0 radical (unpaired) electrons. The van der Waals surface area contributed by atoms with Gasteiger partial charge in [-0.2, -0.15) is 0 Å². The molecule has 3 aliphatic rings. The first-order chi connectivity index (χ1) is 8.88. The third-order valence-electron chi connectivity index (χ3n) is 5.93. The van der Waals surface area contributed by atoms with Crippen LogP contribution in [-0.2, 0) is 6.54 Å². The van der Waals surface area contributed by atoms with Crippen LogP contribution in [0.4, 0.5) is 0 Å². The fourth-order valence-corrected chi connectivity index (χ4v) is 5.34. The van der Waals surface area contributed by atoms with Crippen molar-refractivity contribution in [3.63, 3.8) is 0 Å². The maximum absolute atomic E-state index is 5.88. The van der Waals surface area contributed by atoms with Gasteiger partial charge in [0.2, 0.25) is 0 Å². The molecule has 18 heavy (non-hydrogen) atoms. The van der Waals surface area contributed by atoms with Crippen LogP contribution in [0.15, 0.2) is 18.3 Å². The van der Waals surface area contributed by atoms with Crippen LogP contribution < -0.4 is 5.73 Å². The fourth-order valence-electron chi connectivity index (χ4n) is 5.34. The summed E-state index contributed by atoms with van der Waals surface area (Å²) in [7, 11) is 0. The molecule has 3 saturated carbocycles. The smallest absolute Gasteiger partial charge is 0.0482 e. The van der Waals surface area contributed by atoms with Gasteiger partial charge in [-0.3, -0.25) is 4.98 Å². The van der Waals surface area contributed by atoms with Crippen LogP contribution in [0.1, 0.15) is 49.3 Å². The number of aromatic nitrogens is 1. The standard InChI is InChI=1S/C16H22N2/c17-9-10-3-2-6-18-16(10)15-8-11-7-14(15)13-5-1-4-12(11)13/h2-3,6,11-15H,1,4-5,7-9,17H2. The van der Waals surface area contributed by atoms with E-state index in [9.17, 15) is 0 Å². The van der Waals surface area contributed by atoms with E-state index in [-0.39, 0.29) is 0 Å². The van der Waals surface area contributed by atoms with Crippen LogP contribution in [0.25, 0.3) is 0 Å². The highest BCUT2D eigenvalue weighted by Crippen LogP contribution is 2.63. The summed E-state index contributed by atoms with van der Waals surface area (Å²) in [6.45, 7) is 0.644. The second kappa shape index (κ2) is 4.06. The minimum atomic E-state index is 0.644. The first-order valence-electron chi connectivity index (χ1n) is 7.52. The molecule has 3 fully saturated rings. The van der Waals surface area contributed by atoms with Crippen LogP contribution >= 0.6 is 0 Å². The summed E-state index contributed by atoms with van der Waals surface area (Å²) in [4.78, 5) is 4.68. The van der Waals surface area contributed by atoms with Crippen molar-refractivity contribution in [3.8, 4) is 0 Å². The Morgan fingerprint density at radius 2 is 2.06 bits per heavy atom. The van der Waals surface area contributed by atoms with E-state index in [0.29, 0.717) is 12.5 Å². The van der Waals surface area contributed by atoms with Gasteiger partial charge in [0.05, 0.1) is 0 Å². The van der Waals surface area contributed by atoms with Crippen molar-refractivity contribution in [2.24, 2.45) is 29.4 Å². The molecule has 2 nitrogen and oxygen atoms in total. The van der Waals surface area contributed by atoms with Gasteiger partial charge in [-0.15, -0.1) is 0 Å². The molecule has 2 N–H and O–H groups in total. The van der Waals surface area contributed by atoms with Gasteiger partial charge in [0.25, 0.3) is 0 Å². The predicted molar refractivity (Wildman–Crippen MR) is 71.9 cm³/mol. The number of hydrogen-bond acceptors (Lipinski definition) is 2. The lowest BCUT2D eigenvalue weighted by Crippen LogP contribution is -2.24. The molecule has 0 spiro atoms. The first kappa shape index (κ1) is 11.0. The van der Waals surface area contributed by atoms with E-state index >= 15 is 0 Å². The number of fused-ring (bicyclic) bond motifs is 5. The SMILES string of the molecule is NCc1cccnc1C1CC2CC1C1CCCC21. The molecule has 2 heteroatoms. The summed E-state index contributed by atoms with van der Waals surface area (Å²) in [6.07, 6.45) is 9.27. The molecule has 1 heterocycles. The Morgan fingerprint density at radius 1 is 1.17 bits per heavy atom. The Balaban J connectivity index is 1.67. The molecule has 5 atom stereocenters. The maximum Gasteiger partial charge on any atom is 0.0482 e. The zero-order chi connectivity index (χ0) is 12.1. The van der Waals surface area contributed by atoms with E-state index in [4.69, 9.17) is 5.73 Å². The van der Waals surface area contributed by atoms with Crippen molar-refractivity contribution in [1.29, 1.82) is 0 Å². The highest BCUT2D eigenvalue weighted by atomic mass is 14.7. The molecule has 4 rings (SSSR count). The summed E-state index contributed by atoms with van der Waals surface area (Å²) in [6, 6.07) is 4.19. The van der Waals surface area contributed by atoms with E-state index in [0.717, 1.165) is 23.7 Å². The molecule has 0 aliphatic heterocycles. The Morgan fingerprint density at radius 3 is 2.94 bits per heavy atom. The highest BCUT2D eigenvalue weighted by molar-refractivity contribution is 5.27. The summed E-state index contributed by atoms with van der Waals surface area (Å²) in [5, 5.41) is 0. The summed E-state index contributed by atoms with van der Waals surface area (Å²) in [5.74, 6) is 4.72. The van der Waals surface area contributed by atoms with Gasteiger partial charge >= 0.3 is 0 Å². The Hall–Kier alpha value is -0.890.